The number of fused-ring (bicyclic) bond motifs is 1. The first kappa shape index (κ1) is 29.1. The monoisotopic (exact) mass is 601 g/mol. The second-order valence-corrected chi connectivity index (χ2v) is 11.1. The van der Waals surface area contributed by atoms with Gasteiger partial charge in [-0.2, -0.15) is 0 Å². The van der Waals surface area contributed by atoms with Gasteiger partial charge in [-0.1, -0.05) is 18.2 Å². The van der Waals surface area contributed by atoms with Gasteiger partial charge in [-0.15, -0.1) is 13.2 Å². The molecule has 1 N–H and O–H groups in total. The van der Waals surface area contributed by atoms with Crippen LogP contribution < -0.4 is 14.2 Å². The maximum atomic E-state index is 13.3. The summed E-state index contributed by atoms with van der Waals surface area (Å²) in [6.07, 6.45) is -0.380. The van der Waals surface area contributed by atoms with Crippen LogP contribution in [0.25, 0.3) is 10.9 Å². The fraction of sp³-hybridized carbons (Fsp3) is 0.250. The molecule has 220 valence electrons. The molecule has 1 aliphatic heterocycles. The molecule has 4 aromatic rings. The second-order valence-electron chi connectivity index (χ2n) is 9.45. The lowest BCUT2D eigenvalue weighted by molar-refractivity contribution is -0.274. The summed E-state index contributed by atoms with van der Waals surface area (Å²) < 4.78 is 78.1. The zero-order chi connectivity index (χ0) is 29.9. The summed E-state index contributed by atoms with van der Waals surface area (Å²) in [5, 5.41) is 0.535. The predicted molar refractivity (Wildman–Crippen MR) is 148 cm³/mol. The van der Waals surface area contributed by atoms with Gasteiger partial charge in [0.05, 0.1) is 18.3 Å². The molecule has 2 aromatic heterocycles. The molecule has 1 amide bonds. The number of rotatable bonds is 8. The largest absolute Gasteiger partial charge is 0.573 e. The molecule has 10 nitrogen and oxygen atoms in total. The average molecular weight is 602 g/mol. The lowest BCUT2D eigenvalue weighted by atomic mass is 10.1. The van der Waals surface area contributed by atoms with E-state index in [1.54, 1.807) is 43.8 Å². The van der Waals surface area contributed by atoms with Crippen LogP contribution in [0.3, 0.4) is 0 Å². The lowest BCUT2D eigenvalue weighted by Crippen LogP contribution is -2.48. The number of halogens is 3. The number of nitrogens with one attached hydrogen (secondary N) is 1. The van der Waals surface area contributed by atoms with E-state index in [4.69, 9.17) is 4.74 Å². The summed E-state index contributed by atoms with van der Waals surface area (Å²) in [4.78, 5) is 24.9. The number of methoxy groups -OCH3 is 1. The Morgan fingerprint density at radius 1 is 1.00 bits per heavy atom. The molecule has 1 fully saturated rings. The third-order valence-corrected chi connectivity index (χ3v) is 8.11. The molecule has 5 rings (SSSR count). The van der Waals surface area contributed by atoms with E-state index in [-0.39, 0.29) is 16.0 Å². The standard InChI is InChI=1S/C28H26F3N5O5S/c1-40-23-9-11-32-17-21(23)18-35-12-14-36(15-13-35)27(37)20-7-8-22(24(16-20)41-28(29,30)31)34-42(38,39)25-6-2-4-19-5-3-10-33-26(19)25/h2-11,16-17,34H,12-15,18H2,1H3. The van der Waals surface area contributed by atoms with Crippen molar-refractivity contribution in [1.82, 2.24) is 19.8 Å². The molecular weight excluding hydrogens is 575 g/mol. The van der Waals surface area contributed by atoms with Gasteiger partial charge in [0.1, 0.15) is 10.6 Å². The molecule has 0 spiro atoms. The Bertz CT molecular complexity index is 1700. The summed E-state index contributed by atoms with van der Waals surface area (Å²) in [6.45, 7) is 2.27. The average Bonchev–Trinajstić information content (AvgIpc) is 2.97. The number of amides is 1. The SMILES string of the molecule is COc1ccncc1CN1CCN(C(=O)c2ccc(NS(=O)(=O)c3cccc4cccnc34)c(OC(F)(F)F)c2)CC1. The van der Waals surface area contributed by atoms with Crippen molar-refractivity contribution in [2.24, 2.45) is 0 Å². The van der Waals surface area contributed by atoms with Crippen molar-refractivity contribution in [2.75, 3.05) is 38.0 Å². The summed E-state index contributed by atoms with van der Waals surface area (Å²) in [6, 6.07) is 12.7. The van der Waals surface area contributed by atoms with Crippen molar-refractivity contribution in [3.63, 3.8) is 0 Å². The number of anilines is 1. The Labute approximate surface area is 239 Å². The maximum Gasteiger partial charge on any atom is 0.573 e. The zero-order valence-corrected chi connectivity index (χ0v) is 23.2. The van der Waals surface area contributed by atoms with Gasteiger partial charge in [-0.25, -0.2) is 8.42 Å². The number of ether oxygens (including phenoxy) is 2. The molecule has 1 aliphatic rings. The third kappa shape index (κ3) is 6.55. The first-order chi connectivity index (χ1) is 20.0. The molecule has 0 radical (unpaired) electrons. The number of hydrogen-bond donors (Lipinski definition) is 1. The minimum atomic E-state index is -5.14. The fourth-order valence-electron chi connectivity index (χ4n) is 4.71. The van der Waals surface area contributed by atoms with E-state index in [0.29, 0.717) is 43.9 Å². The molecular formula is C28H26F3N5O5S. The number of aromatic nitrogens is 2. The fourth-order valence-corrected chi connectivity index (χ4v) is 5.96. The number of benzene rings is 2. The molecule has 42 heavy (non-hydrogen) atoms. The van der Waals surface area contributed by atoms with Crippen molar-refractivity contribution in [3.8, 4) is 11.5 Å². The normalized spacial score (nSPS) is 14.5. The van der Waals surface area contributed by atoms with Crippen LogP contribution in [0.1, 0.15) is 15.9 Å². The van der Waals surface area contributed by atoms with E-state index in [9.17, 15) is 26.4 Å². The highest BCUT2D eigenvalue weighted by Crippen LogP contribution is 2.34. The number of alkyl halides is 3. The second kappa shape index (κ2) is 11.8. The zero-order valence-electron chi connectivity index (χ0n) is 22.3. The van der Waals surface area contributed by atoms with Crippen molar-refractivity contribution in [1.29, 1.82) is 0 Å². The minimum absolute atomic E-state index is 0.0774. The first-order valence-corrected chi connectivity index (χ1v) is 14.3. The van der Waals surface area contributed by atoms with Gasteiger partial charge in [-0.3, -0.25) is 24.4 Å². The highest BCUT2D eigenvalue weighted by atomic mass is 32.2. The van der Waals surface area contributed by atoms with Crippen molar-refractivity contribution in [2.45, 2.75) is 17.8 Å². The molecule has 3 heterocycles. The van der Waals surface area contributed by atoms with Crippen LogP contribution in [0.2, 0.25) is 0 Å². The molecule has 0 bridgehead atoms. The van der Waals surface area contributed by atoms with Gasteiger partial charge in [0.15, 0.2) is 5.75 Å². The van der Waals surface area contributed by atoms with E-state index < -0.39 is 33.7 Å². The van der Waals surface area contributed by atoms with Crippen LogP contribution in [-0.4, -0.2) is 73.7 Å². The van der Waals surface area contributed by atoms with Crippen LogP contribution in [0.15, 0.2) is 78.1 Å². The van der Waals surface area contributed by atoms with E-state index >= 15 is 0 Å². The Morgan fingerprint density at radius 3 is 2.50 bits per heavy atom. The maximum absolute atomic E-state index is 13.3. The molecule has 2 aromatic carbocycles. The van der Waals surface area contributed by atoms with Crippen molar-refractivity contribution in [3.05, 3.63) is 84.3 Å². The van der Waals surface area contributed by atoms with Crippen LogP contribution in [0.5, 0.6) is 11.5 Å². The van der Waals surface area contributed by atoms with Gasteiger partial charge >= 0.3 is 6.36 Å². The lowest BCUT2D eigenvalue weighted by Gasteiger charge is -2.35. The summed E-state index contributed by atoms with van der Waals surface area (Å²) in [5.41, 5.74) is 0.489. The van der Waals surface area contributed by atoms with Crippen molar-refractivity contribution < 1.29 is 35.9 Å². The smallest absolute Gasteiger partial charge is 0.496 e. The highest BCUT2D eigenvalue weighted by Gasteiger charge is 2.34. The number of carbonyl (C=O) groups is 1. The van der Waals surface area contributed by atoms with Crippen LogP contribution >= 0.6 is 0 Å². The van der Waals surface area contributed by atoms with E-state index in [0.717, 1.165) is 17.7 Å². The summed E-state index contributed by atoms with van der Waals surface area (Å²) in [7, 11) is -2.81. The van der Waals surface area contributed by atoms with Crippen LogP contribution in [0.4, 0.5) is 18.9 Å². The molecule has 0 unspecified atom stereocenters. The van der Waals surface area contributed by atoms with Gasteiger partial charge in [0.2, 0.25) is 0 Å². The topological polar surface area (TPSA) is 114 Å². The number of nitrogens with zero attached hydrogens (tertiary/aromatic N) is 4. The van der Waals surface area contributed by atoms with E-state index in [2.05, 4.69) is 24.3 Å². The number of piperazine rings is 1. The Morgan fingerprint density at radius 2 is 1.76 bits per heavy atom. The van der Waals surface area contributed by atoms with Gasteiger partial charge < -0.3 is 14.4 Å². The van der Waals surface area contributed by atoms with Gasteiger partial charge in [-0.05, 0) is 36.4 Å². The number of carbonyl (C=O) groups excluding carboxylic acids is 1. The number of para-hydroxylation sites is 1. The molecule has 14 heteroatoms. The Balaban J connectivity index is 1.34. The highest BCUT2D eigenvalue weighted by molar-refractivity contribution is 7.93. The third-order valence-electron chi connectivity index (χ3n) is 6.72. The van der Waals surface area contributed by atoms with Gasteiger partial charge in [0.25, 0.3) is 15.9 Å². The molecule has 1 saturated heterocycles. The Hall–Kier alpha value is -4.43. The van der Waals surface area contributed by atoms with E-state index in [1.807, 2.05) is 0 Å². The first-order valence-electron chi connectivity index (χ1n) is 12.8. The van der Waals surface area contributed by atoms with Crippen LogP contribution in [0, 0.1) is 0 Å². The molecule has 0 saturated carbocycles. The van der Waals surface area contributed by atoms with Crippen molar-refractivity contribution >= 4 is 32.5 Å². The van der Waals surface area contributed by atoms with Crippen LogP contribution in [-0.2, 0) is 16.6 Å². The predicted octanol–water partition coefficient (Wildman–Crippen LogP) is 4.30. The number of hydrogen-bond acceptors (Lipinski definition) is 8. The number of sulfonamides is 1. The molecule has 0 aliphatic carbocycles. The summed E-state index contributed by atoms with van der Waals surface area (Å²) in [5.74, 6) is -0.658. The number of pyridine rings is 2. The minimum Gasteiger partial charge on any atom is -0.496 e. The summed E-state index contributed by atoms with van der Waals surface area (Å²) >= 11 is 0. The quantitative estimate of drug-likeness (QED) is 0.318. The molecule has 0 atom stereocenters. The van der Waals surface area contributed by atoms with Gasteiger partial charge in [0, 0.05) is 67.8 Å². The Kier molecular flexibility index (Phi) is 8.18. The van der Waals surface area contributed by atoms with E-state index in [1.165, 1.54) is 29.3 Å².